The molecule has 0 aliphatic heterocycles. The molecule has 0 bridgehead atoms. The zero-order valence-corrected chi connectivity index (χ0v) is 13.6. The largest absolute Gasteiger partial charge is 0.350 e. The third-order valence-corrected chi connectivity index (χ3v) is 4.30. The lowest BCUT2D eigenvalue weighted by molar-refractivity contribution is -0.122. The maximum absolute atomic E-state index is 12.0. The van der Waals surface area contributed by atoms with Crippen LogP contribution in [0.4, 0.5) is 0 Å². The van der Waals surface area contributed by atoms with E-state index in [4.69, 9.17) is 5.73 Å². The highest BCUT2D eigenvalue weighted by Gasteiger charge is 2.30. The molecule has 1 aliphatic carbocycles. The Labute approximate surface area is 128 Å². The monoisotopic (exact) mass is 288 g/mol. The summed E-state index contributed by atoms with van der Waals surface area (Å²) in [5.74, 6) is 0.624. The molecule has 21 heavy (non-hydrogen) atoms. The van der Waals surface area contributed by atoms with Gasteiger partial charge >= 0.3 is 0 Å². The van der Waals surface area contributed by atoms with E-state index in [1.165, 1.54) is 18.4 Å². The maximum atomic E-state index is 12.0. The van der Waals surface area contributed by atoms with Crippen LogP contribution in [0.3, 0.4) is 0 Å². The number of carbonyl (C=O) groups is 1. The molecule has 3 heteroatoms. The summed E-state index contributed by atoms with van der Waals surface area (Å²) in [7, 11) is 0. The molecular formula is C18H28N2O. The van der Waals surface area contributed by atoms with Crippen molar-refractivity contribution < 1.29 is 4.79 Å². The summed E-state index contributed by atoms with van der Waals surface area (Å²) in [4.78, 5) is 12.0. The van der Waals surface area contributed by atoms with E-state index in [0.29, 0.717) is 12.3 Å². The number of rotatable bonds is 5. The lowest BCUT2D eigenvalue weighted by atomic mass is 9.86. The molecule has 2 atom stereocenters. The van der Waals surface area contributed by atoms with Gasteiger partial charge < -0.3 is 11.1 Å². The summed E-state index contributed by atoms with van der Waals surface area (Å²) in [5, 5.41) is 3.05. The summed E-state index contributed by atoms with van der Waals surface area (Å²) >= 11 is 0. The lowest BCUT2D eigenvalue weighted by Gasteiger charge is -2.21. The van der Waals surface area contributed by atoms with Crippen molar-refractivity contribution in [3.05, 3.63) is 35.4 Å². The van der Waals surface area contributed by atoms with Crippen molar-refractivity contribution >= 4 is 5.91 Å². The molecule has 0 heterocycles. The molecule has 1 aromatic carbocycles. The highest BCUT2D eigenvalue weighted by atomic mass is 16.1. The Bertz CT molecular complexity index is 483. The van der Waals surface area contributed by atoms with Gasteiger partial charge in [0, 0.05) is 12.5 Å². The van der Waals surface area contributed by atoms with Crippen molar-refractivity contribution in [2.75, 3.05) is 0 Å². The molecule has 1 aromatic rings. The number of hydrogen-bond donors (Lipinski definition) is 2. The van der Waals surface area contributed by atoms with Gasteiger partial charge in [-0.2, -0.15) is 0 Å². The first-order valence-corrected chi connectivity index (χ1v) is 7.93. The predicted octanol–water partition coefficient (Wildman–Crippen LogP) is 3.29. The number of nitrogens with two attached hydrogens (primary N) is 1. The lowest BCUT2D eigenvalue weighted by Crippen LogP contribution is -2.34. The molecule has 1 saturated carbocycles. The van der Waals surface area contributed by atoms with Gasteiger partial charge in [0.1, 0.15) is 0 Å². The van der Waals surface area contributed by atoms with Crippen LogP contribution < -0.4 is 11.1 Å². The Balaban J connectivity index is 1.90. The van der Waals surface area contributed by atoms with Gasteiger partial charge in [-0.1, -0.05) is 45.0 Å². The number of amides is 1. The van der Waals surface area contributed by atoms with Crippen molar-refractivity contribution in [2.24, 2.45) is 11.7 Å². The molecule has 0 saturated heterocycles. The third-order valence-electron chi connectivity index (χ3n) is 4.30. The van der Waals surface area contributed by atoms with Crippen molar-refractivity contribution in [1.82, 2.24) is 5.32 Å². The van der Waals surface area contributed by atoms with Gasteiger partial charge in [-0.15, -0.1) is 0 Å². The molecule has 1 amide bonds. The second-order valence-corrected chi connectivity index (χ2v) is 7.37. The highest BCUT2D eigenvalue weighted by molar-refractivity contribution is 5.77. The minimum atomic E-state index is 0.0259. The minimum Gasteiger partial charge on any atom is -0.350 e. The van der Waals surface area contributed by atoms with Crippen molar-refractivity contribution in [3.8, 4) is 0 Å². The maximum Gasteiger partial charge on any atom is 0.222 e. The van der Waals surface area contributed by atoms with E-state index in [-0.39, 0.29) is 23.4 Å². The van der Waals surface area contributed by atoms with Crippen molar-refractivity contribution in [1.29, 1.82) is 0 Å². The predicted molar refractivity (Wildman–Crippen MR) is 87.0 cm³/mol. The summed E-state index contributed by atoms with van der Waals surface area (Å²) in [5.41, 5.74) is 8.60. The van der Waals surface area contributed by atoms with Crippen LogP contribution in [0.2, 0.25) is 0 Å². The van der Waals surface area contributed by atoms with Crippen LogP contribution >= 0.6 is 0 Å². The highest BCUT2D eigenvalue weighted by Crippen LogP contribution is 2.32. The molecule has 0 aromatic heterocycles. The first-order chi connectivity index (χ1) is 9.77. The van der Waals surface area contributed by atoms with Crippen molar-refractivity contribution in [3.63, 3.8) is 0 Å². The van der Waals surface area contributed by atoms with E-state index in [1.807, 2.05) is 6.92 Å². The molecule has 3 nitrogen and oxygen atoms in total. The topological polar surface area (TPSA) is 55.1 Å². The first-order valence-electron chi connectivity index (χ1n) is 7.93. The fourth-order valence-electron chi connectivity index (χ4n) is 2.56. The Kier molecular flexibility index (Phi) is 4.72. The Hall–Kier alpha value is -1.35. The van der Waals surface area contributed by atoms with Gasteiger partial charge in [-0.3, -0.25) is 4.79 Å². The van der Waals surface area contributed by atoms with Gasteiger partial charge in [-0.05, 0) is 42.2 Å². The van der Waals surface area contributed by atoms with Crippen LogP contribution in [-0.2, 0) is 10.2 Å². The van der Waals surface area contributed by atoms with E-state index in [0.717, 1.165) is 5.56 Å². The molecule has 2 unspecified atom stereocenters. The first kappa shape index (κ1) is 16.0. The molecule has 0 radical (unpaired) electrons. The third kappa shape index (κ3) is 4.57. The molecule has 1 aliphatic rings. The Morgan fingerprint density at radius 1 is 1.29 bits per heavy atom. The van der Waals surface area contributed by atoms with E-state index in [1.54, 1.807) is 0 Å². The van der Waals surface area contributed by atoms with Gasteiger partial charge in [-0.25, -0.2) is 0 Å². The van der Waals surface area contributed by atoms with Crippen molar-refractivity contribution in [2.45, 2.75) is 64.5 Å². The standard InChI is InChI=1S/C18H28N2O/c1-12(20-17(21)11-16(19)14-5-6-14)13-7-9-15(10-8-13)18(2,3)4/h7-10,12,14,16H,5-6,11,19H2,1-4H3,(H,20,21). The van der Waals surface area contributed by atoms with E-state index < -0.39 is 0 Å². The Morgan fingerprint density at radius 2 is 1.86 bits per heavy atom. The zero-order valence-electron chi connectivity index (χ0n) is 13.6. The molecule has 1 fully saturated rings. The molecule has 3 N–H and O–H groups in total. The SMILES string of the molecule is CC(NC(=O)CC(N)C1CC1)c1ccc(C(C)(C)C)cc1. The average molecular weight is 288 g/mol. The minimum absolute atomic E-state index is 0.0259. The quantitative estimate of drug-likeness (QED) is 0.873. The summed E-state index contributed by atoms with van der Waals surface area (Å²) in [6.07, 6.45) is 2.80. The molecule has 2 rings (SSSR count). The Morgan fingerprint density at radius 3 is 2.33 bits per heavy atom. The van der Waals surface area contributed by atoms with Gasteiger partial charge in [0.05, 0.1) is 6.04 Å². The second-order valence-electron chi connectivity index (χ2n) is 7.37. The normalized spacial score (nSPS) is 18.1. The molecular weight excluding hydrogens is 260 g/mol. The summed E-state index contributed by atoms with van der Waals surface area (Å²) < 4.78 is 0. The fraction of sp³-hybridized carbons (Fsp3) is 0.611. The number of benzene rings is 1. The van der Waals surface area contributed by atoms with Crippen LogP contribution in [0.1, 0.15) is 64.1 Å². The van der Waals surface area contributed by atoms with Crippen LogP contribution in [0.15, 0.2) is 24.3 Å². The summed E-state index contributed by atoms with van der Waals surface area (Å²) in [6.45, 7) is 8.62. The van der Waals surface area contributed by atoms with Gasteiger partial charge in [0.15, 0.2) is 0 Å². The molecule has 116 valence electrons. The second kappa shape index (κ2) is 6.18. The van der Waals surface area contributed by atoms with Gasteiger partial charge in [0.25, 0.3) is 0 Å². The van der Waals surface area contributed by atoms with E-state index in [9.17, 15) is 4.79 Å². The van der Waals surface area contributed by atoms with Crippen LogP contribution in [0.5, 0.6) is 0 Å². The summed E-state index contributed by atoms with van der Waals surface area (Å²) in [6, 6.07) is 8.55. The van der Waals surface area contributed by atoms with Crippen LogP contribution in [0.25, 0.3) is 0 Å². The number of carbonyl (C=O) groups excluding carboxylic acids is 1. The fourth-order valence-corrected chi connectivity index (χ4v) is 2.56. The van der Waals surface area contributed by atoms with E-state index in [2.05, 4.69) is 50.4 Å². The number of nitrogens with one attached hydrogen (secondary N) is 1. The molecule has 0 spiro atoms. The number of hydrogen-bond acceptors (Lipinski definition) is 2. The average Bonchev–Trinajstić information content (AvgIpc) is 3.21. The van der Waals surface area contributed by atoms with Gasteiger partial charge in [0.2, 0.25) is 5.91 Å². The smallest absolute Gasteiger partial charge is 0.222 e. The van der Waals surface area contributed by atoms with E-state index >= 15 is 0 Å². The van der Waals surface area contributed by atoms with Crippen LogP contribution in [-0.4, -0.2) is 11.9 Å². The zero-order chi connectivity index (χ0) is 15.6. The van der Waals surface area contributed by atoms with Crippen LogP contribution in [0, 0.1) is 5.92 Å².